The lowest BCUT2D eigenvalue weighted by Gasteiger charge is -2.18. The Hall–Kier alpha value is -0.600. The molecule has 0 aromatic rings. The number of aliphatic hydroxyl groups excluding tert-OH is 1. The lowest BCUT2D eigenvalue weighted by atomic mass is 10.2. The van der Waals surface area contributed by atoms with Crippen molar-refractivity contribution in [1.29, 1.82) is 0 Å². The maximum Gasteiger partial charge on any atom is 0.104 e. The molecule has 1 unspecified atom stereocenters. The van der Waals surface area contributed by atoms with Crippen LogP contribution in [0.4, 0.5) is 0 Å². The van der Waals surface area contributed by atoms with E-state index in [2.05, 4.69) is 12.2 Å². The Morgan fingerprint density at radius 2 is 2.08 bits per heavy atom. The zero-order valence-electron chi connectivity index (χ0n) is 8.90. The Labute approximate surface area is 81.6 Å². The summed E-state index contributed by atoms with van der Waals surface area (Å²) >= 11 is 0. The molecule has 0 aliphatic carbocycles. The minimum atomic E-state index is -0.334. The molecule has 0 fully saturated rings. The van der Waals surface area contributed by atoms with Crippen LogP contribution in [0.2, 0.25) is 0 Å². The third-order valence-electron chi connectivity index (χ3n) is 1.96. The van der Waals surface area contributed by atoms with E-state index in [0.717, 1.165) is 19.4 Å². The number of hydrogen-bond acceptors (Lipinski definition) is 2. The van der Waals surface area contributed by atoms with Gasteiger partial charge in [-0.25, -0.2) is 0 Å². The molecule has 0 aromatic carbocycles. The molecule has 0 spiro atoms. The van der Waals surface area contributed by atoms with E-state index in [4.69, 9.17) is 5.11 Å². The van der Waals surface area contributed by atoms with Gasteiger partial charge in [0.2, 0.25) is 0 Å². The van der Waals surface area contributed by atoms with Gasteiger partial charge in [-0.1, -0.05) is 24.3 Å². The summed E-state index contributed by atoms with van der Waals surface area (Å²) in [4.78, 5) is 1.93. The molecule has 0 aromatic heterocycles. The monoisotopic (exact) mass is 183 g/mol. The summed E-state index contributed by atoms with van der Waals surface area (Å²) in [6.45, 7) is 4.74. The lowest BCUT2D eigenvalue weighted by Crippen LogP contribution is -2.29. The maximum absolute atomic E-state index is 9.16. The minimum absolute atomic E-state index is 0.334. The highest BCUT2D eigenvalue weighted by molar-refractivity contribution is 5.00. The zero-order valence-corrected chi connectivity index (χ0v) is 8.90. The lowest BCUT2D eigenvalue weighted by molar-refractivity contribution is 0.0380. The van der Waals surface area contributed by atoms with Gasteiger partial charge in [0, 0.05) is 6.54 Å². The van der Waals surface area contributed by atoms with Gasteiger partial charge < -0.3 is 5.11 Å². The standard InChI is InChI=1S/C11H21NO/c1-4-5-6-7-8-9-10-12(3)11(2)13/h4-7,11,13H,8-10H2,1-3H3/b5-4+,7-6+. The van der Waals surface area contributed by atoms with Gasteiger partial charge in [-0.3, -0.25) is 4.90 Å². The number of nitrogens with zero attached hydrogens (tertiary/aromatic N) is 1. The maximum atomic E-state index is 9.16. The van der Waals surface area contributed by atoms with Crippen LogP contribution in [0.15, 0.2) is 24.3 Å². The van der Waals surface area contributed by atoms with Crippen LogP contribution in [-0.4, -0.2) is 29.8 Å². The quantitative estimate of drug-likeness (QED) is 0.387. The molecule has 13 heavy (non-hydrogen) atoms. The molecule has 0 saturated carbocycles. The molecule has 0 aliphatic rings. The van der Waals surface area contributed by atoms with Gasteiger partial charge in [-0.05, 0) is 33.7 Å². The fraction of sp³-hybridized carbons (Fsp3) is 0.636. The van der Waals surface area contributed by atoms with E-state index in [1.165, 1.54) is 0 Å². The van der Waals surface area contributed by atoms with Gasteiger partial charge in [0.1, 0.15) is 6.23 Å². The SMILES string of the molecule is C/C=C/C=C/CCCN(C)C(C)O. The minimum Gasteiger partial charge on any atom is -0.379 e. The summed E-state index contributed by atoms with van der Waals surface area (Å²) in [5.74, 6) is 0. The molecule has 0 bridgehead atoms. The van der Waals surface area contributed by atoms with Crippen molar-refractivity contribution in [3.8, 4) is 0 Å². The van der Waals surface area contributed by atoms with Crippen LogP contribution in [0, 0.1) is 0 Å². The van der Waals surface area contributed by atoms with E-state index in [1.54, 1.807) is 6.92 Å². The van der Waals surface area contributed by atoms with E-state index >= 15 is 0 Å². The van der Waals surface area contributed by atoms with Crippen LogP contribution in [0.5, 0.6) is 0 Å². The zero-order chi connectivity index (χ0) is 10.1. The van der Waals surface area contributed by atoms with Crippen LogP contribution < -0.4 is 0 Å². The smallest absolute Gasteiger partial charge is 0.104 e. The van der Waals surface area contributed by atoms with Crippen molar-refractivity contribution in [3.63, 3.8) is 0 Å². The average Bonchev–Trinajstić information content (AvgIpc) is 2.10. The van der Waals surface area contributed by atoms with Crippen LogP contribution in [0.3, 0.4) is 0 Å². The van der Waals surface area contributed by atoms with E-state index in [0.29, 0.717) is 0 Å². The number of unbranched alkanes of at least 4 members (excludes halogenated alkanes) is 1. The number of allylic oxidation sites excluding steroid dienone is 4. The highest BCUT2D eigenvalue weighted by Crippen LogP contribution is 1.97. The number of aliphatic hydroxyl groups is 1. The van der Waals surface area contributed by atoms with Crippen LogP contribution in [0.25, 0.3) is 0 Å². The van der Waals surface area contributed by atoms with Crippen molar-refractivity contribution < 1.29 is 5.11 Å². The second-order valence-corrected chi connectivity index (χ2v) is 3.21. The molecule has 1 N–H and O–H groups in total. The van der Waals surface area contributed by atoms with Crippen molar-refractivity contribution >= 4 is 0 Å². The van der Waals surface area contributed by atoms with Gasteiger partial charge in [0.15, 0.2) is 0 Å². The molecule has 0 heterocycles. The summed E-state index contributed by atoms with van der Waals surface area (Å²) in [5.41, 5.74) is 0. The Balaban J connectivity index is 3.35. The highest BCUT2D eigenvalue weighted by Gasteiger charge is 2.01. The van der Waals surface area contributed by atoms with Gasteiger partial charge in [-0.2, -0.15) is 0 Å². The fourth-order valence-electron chi connectivity index (χ4n) is 0.931. The second-order valence-electron chi connectivity index (χ2n) is 3.21. The first-order valence-electron chi connectivity index (χ1n) is 4.84. The van der Waals surface area contributed by atoms with E-state index < -0.39 is 0 Å². The third-order valence-corrected chi connectivity index (χ3v) is 1.96. The van der Waals surface area contributed by atoms with Gasteiger partial charge >= 0.3 is 0 Å². The molecular formula is C11H21NO. The number of hydrogen-bond donors (Lipinski definition) is 1. The molecule has 0 amide bonds. The van der Waals surface area contributed by atoms with E-state index in [-0.39, 0.29) is 6.23 Å². The van der Waals surface area contributed by atoms with Crippen LogP contribution in [0.1, 0.15) is 26.7 Å². The Bertz CT molecular complexity index is 161. The Morgan fingerprint density at radius 3 is 2.62 bits per heavy atom. The first kappa shape index (κ1) is 12.4. The van der Waals surface area contributed by atoms with Crippen molar-refractivity contribution in [2.24, 2.45) is 0 Å². The van der Waals surface area contributed by atoms with Gasteiger partial charge in [-0.15, -0.1) is 0 Å². The first-order valence-corrected chi connectivity index (χ1v) is 4.84. The molecule has 1 atom stereocenters. The summed E-state index contributed by atoms with van der Waals surface area (Å²) in [7, 11) is 1.93. The summed E-state index contributed by atoms with van der Waals surface area (Å²) in [5, 5.41) is 9.16. The summed E-state index contributed by atoms with van der Waals surface area (Å²) < 4.78 is 0. The van der Waals surface area contributed by atoms with Crippen molar-refractivity contribution in [2.45, 2.75) is 32.9 Å². The molecule has 76 valence electrons. The molecule has 0 aliphatic heterocycles. The van der Waals surface area contributed by atoms with Crippen molar-refractivity contribution in [1.82, 2.24) is 4.90 Å². The molecular weight excluding hydrogens is 162 g/mol. The topological polar surface area (TPSA) is 23.5 Å². The van der Waals surface area contributed by atoms with E-state index in [1.807, 2.05) is 31.0 Å². The average molecular weight is 183 g/mol. The predicted octanol–water partition coefficient (Wildman–Crippen LogP) is 2.17. The molecule has 2 nitrogen and oxygen atoms in total. The predicted molar refractivity (Wildman–Crippen MR) is 57.5 cm³/mol. The Morgan fingerprint density at radius 1 is 1.38 bits per heavy atom. The Kier molecular flexibility index (Phi) is 7.65. The third kappa shape index (κ3) is 7.75. The molecule has 2 heteroatoms. The van der Waals surface area contributed by atoms with Gasteiger partial charge in [0.05, 0.1) is 0 Å². The van der Waals surface area contributed by atoms with Crippen LogP contribution in [-0.2, 0) is 0 Å². The van der Waals surface area contributed by atoms with E-state index in [9.17, 15) is 0 Å². The van der Waals surface area contributed by atoms with Crippen molar-refractivity contribution in [3.05, 3.63) is 24.3 Å². The summed E-state index contributed by atoms with van der Waals surface area (Å²) in [6.07, 6.45) is 10.1. The first-order chi connectivity index (χ1) is 6.18. The fourth-order valence-corrected chi connectivity index (χ4v) is 0.931. The summed E-state index contributed by atoms with van der Waals surface area (Å²) in [6, 6.07) is 0. The molecule has 0 rings (SSSR count). The molecule has 0 saturated heterocycles. The van der Waals surface area contributed by atoms with Crippen LogP contribution >= 0.6 is 0 Å². The second kappa shape index (κ2) is 8.02. The normalized spacial score (nSPS) is 14.8. The largest absolute Gasteiger partial charge is 0.379 e. The van der Waals surface area contributed by atoms with Crippen molar-refractivity contribution in [2.75, 3.05) is 13.6 Å². The van der Waals surface area contributed by atoms with Gasteiger partial charge in [0.25, 0.3) is 0 Å². The molecule has 0 radical (unpaired) electrons. The number of rotatable bonds is 6. The highest BCUT2D eigenvalue weighted by atomic mass is 16.3.